The molecular weight excluding hydrogens is 354 g/mol. The first-order valence-corrected chi connectivity index (χ1v) is 9.99. The zero-order valence-corrected chi connectivity index (χ0v) is 15.5. The zero-order chi connectivity index (χ0) is 18.4. The molecule has 3 N–H and O–H groups in total. The second kappa shape index (κ2) is 8.39. The van der Waals surface area contributed by atoms with E-state index in [1.165, 1.54) is 4.31 Å². The number of hydrogen-bond acceptors (Lipinski definition) is 7. The first-order chi connectivity index (χ1) is 12.5. The summed E-state index contributed by atoms with van der Waals surface area (Å²) in [5.41, 5.74) is 1.10. The molecule has 0 spiro atoms. The van der Waals surface area contributed by atoms with E-state index in [-0.39, 0.29) is 6.54 Å². The van der Waals surface area contributed by atoms with Gasteiger partial charge >= 0.3 is 0 Å². The molecule has 0 aliphatic carbocycles. The smallest absolute Gasteiger partial charge is 0.279 e. The second-order valence-corrected chi connectivity index (χ2v) is 7.83. The van der Waals surface area contributed by atoms with Crippen molar-refractivity contribution in [1.29, 1.82) is 0 Å². The van der Waals surface area contributed by atoms with Gasteiger partial charge < -0.3 is 10.6 Å². The Hall–Kier alpha value is -2.30. The van der Waals surface area contributed by atoms with E-state index in [4.69, 9.17) is 0 Å². The molecule has 1 saturated heterocycles. The summed E-state index contributed by atoms with van der Waals surface area (Å²) in [5, 5.41) is 14.3. The molecule has 2 aromatic heterocycles. The van der Waals surface area contributed by atoms with Crippen LogP contribution >= 0.6 is 0 Å². The van der Waals surface area contributed by atoms with Crippen molar-refractivity contribution in [2.45, 2.75) is 19.8 Å². The van der Waals surface area contributed by atoms with Gasteiger partial charge in [-0.3, -0.25) is 0 Å². The zero-order valence-electron chi connectivity index (χ0n) is 14.6. The van der Waals surface area contributed by atoms with Crippen LogP contribution in [0.1, 0.15) is 18.4 Å². The molecule has 26 heavy (non-hydrogen) atoms. The summed E-state index contributed by atoms with van der Waals surface area (Å²) in [5.74, 6) is 1.87. The highest BCUT2D eigenvalue weighted by Crippen LogP contribution is 2.13. The van der Waals surface area contributed by atoms with E-state index < -0.39 is 10.2 Å². The predicted molar refractivity (Wildman–Crippen MR) is 101 cm³/mol. The van der Waals surface area contributed by atoms with Crippen LogP contribution in [0.5, 0.6) is 0 Å². The normalized spacial score (nSPS) is 15.1. The summed E-state index contributed by atoms with van der Waals surface area (Å²) in [6, 6.07) is 7.40. The summed E-state index contributed by atoms with van der Waals surface area (Å²) in [6.07, 6.45) is 3.57. The predicted octanol–water partition coefficient (Wildman–Crippen LogP) is 1.27. The van der Waals surface area contributed by atoms with E-state index >= 15 is 0 Å². The lowest BCUT2D eigenvalue weighted by molar-refractivity contribution is 0.466. The van der Waals surface area contributed by atoms with Crippen LogP contribution < -0.4 is 15.4 Å². The van der Waals surface area contributed by atoms with E-state index in [0.717, 1.165) is 18.4 Å². The van der Waals surface area contributed by atoms with Crippen LogP contribution in [0.4, 0.5) is 17.5 Å². The molecule has 0 bridgehead atoms. The third-order valence-corrected chi connectivity index (χ3v) is 5.57. The molecule has 0 unspecified atom stereocenters. The quantitative estimate of drug-likeness (QED) is 0.594. The summed E-state index contributed by atoms with van der Waals surface area (Å²) >= 11 is 0. The van der Waals surface area contributed by atoms with Gasteiger partial charge in [-0.05, 0) is 49.6 Å². The summed E-state index contributed by atoms with van der Waals surface area (Å²) in [4.78, 5) is 4.21. The van der Waals surface area contributed by atoms with Crippen LogP contribution in [0, 0.1) is 6.92 Å². The van der Waals surface area contributed by atoms with Crippen molar-refractivity contribution in [2.24, 2.45) is 0 Å². The lowest BCUT2D eigenvalue weighted by atomic mass is 10.3. The van der Waals surface area contributed by atoms with E-state index in [2.05, 4.69) is 30.5 Å². The fourth-order valence-electron chi connectivity index (χ4n) is 2.62. The molecule has 0 atom stereocenters. The minimum atomic E-state index is -3.37. The van der Waals surface area contributed by atoms with Crippen LogP contribution in [-0.2, 0) is 10.2 Å². The highest BCUT2D eigenvalue weighted by molar-refractivity contribution is 7.87. The van der Waals surface area contributed by atoms with Crippen molar-refractivity contribution in [3.05, 3.63) is 36.0 Å². The van der Waals surface area contributed by atoms with Crippen LogP contribution in [0.3, 0.4) is 0 Å². The Bertz CT molecular complexity index is 821. The Kier molecular flexibility index (Phi) is 5.96. The Labute approximate surface area is 153 Å². The average molecular weight is 377 g/mol. The third-order valence-electron chi connectivity index (χ3n) is 3.96. The minimum Gasteiger partial charge on any atom is -0.367 e. The van der Waals surface area contributed by atoms with Gasteiger partial charge in [-0.25, -0.2) is 9.71 Å². The lowest BCUT2D eigenvalue weighted by Gasteiger charge is -2.16. The molecule has 1 aliphatic heterocycles. The number of nitrogens with zero attached hydrogens (tertiary/aromatic N) is 4. The molecule has 2 aromatic rings. The van der Waals surface area contributed by atoms with Gasteiger partial charge in [-0.1, -0.05) is 0 Å². The average Bonchev–Trinajstić information content (AvgIpc) is 3.16. The highest BCUT2D eigenvalue weighted by Gasteiger charge is 2.24. The maximum absolute atomic E-state index is 12.0. The van der Waals surface area contributed by atoms with Gasteiger partial charge in [0.15, 0.2) is 5.82 Å². The first kappa shape index (κ1) is 18.5. The Morgan fingerprint density at radius 2 is 1.77 bits per heavy atom. The molecule has 1 aliphatic rings. The summed E-state index contributed by atoms with van der Waals surface area (Å²) in [7, 11) is -3.37. The summed E-state index contributed by atoms with van der Waals surface area (Å²) in [6.45, 7) is 3.89. The molecule has 0 aromatic carbocycles. The van der Waals surface area contributed by atoms with E-state index in [1.807, 2.05) is 19.1 Å². The number of aromatic nitrogens is 3. The fourth-order valence-corrected chi connectivity index (χ4v) is 3.90. The van der Waals surface area contributed by atoms with Gasteiger partial charge in [-0.15, -0.1) is 10.2 Å². The van der Waals surface area contributed by atoms with Crippen molar-refractivity contribution in [2.75, 3.05) is 36.8 Å². The van der Waals surface area contributed by atoms with Crippen molar-refractivity contribution < 1.29 is 8.42 Å². The van der Waals surface area contributed by atoms with E-state index in [9.17, 15) is 8.42 Å². The molecule has 3 rings (SSSR count). The maximum Gasteiger partial charge on any atom is 0.279 e. The minimum absolute atomic E-state index is 0.285. The molecule has 0 saturated carbocycles. The first-order valence-electron chi connectivity index (χ1n) is 8.55. The van der Waals surface area contributed by atoms with Crippen molar-refractivity contribution >= 4 is 27.7 Å². The van der Waals surface area contributed by atoms with Crippen molar-refractivity contribution in [3.8, 4) is 0 Å². The van der Waals surface area contributed by atoms with Crippen molar-refractivity contribution in [1.82, 2.24) is 24.2 Å². The standard InChI is InChI=1S/C16H23N7O2S/c1-13-6-7-17-16(12-13)20-15-5-4-14(21-22-15)18-8-9-19-26(24,25)23-10-2-3-11-23/h4-7,12,19H,2-3,8-11H2,1H3,(H,18,21)(H,17,20,22). The lowest BCUT2D eigenvalue weighted by Crippen LogP contribution is -2.40. The van der Waals surface area contributed by atoms with Crippen LogP contribution in [0.2, 0.25) is 0 Å². The number of hydrogen-bond donors (Lipinski definition) is 3. The maximum atomic E-state index is 12.0. The monoisotopic (exact) mass is 377 g/mol. The largest absolute Gasteiger partial charge is 0.367 e. The topological polar surface area (TPSA) is 112 Å². The van der Waals surface area contributed by atoms with Gasteiger partial charge in [0.05, 0.1) is 0 Å². The van der Waals surface area contributed by atoms with E-state index in [0.29, 0.717) is 37.1 Å². The Morgan fingerprint density at radius 3 is 2.46 bits per heavy atom. The van der Waals surface area contributed by atoms with Gasteiger partial charge in [0.2, 0.25) is 0 Å². The second-order valence-electron chi connectivity index (χ2n) is 6.08. The van der Waals surface area contributed by atoms with Crippen molar-refractivity contribution in [3.63, 3.8) is 0 Å². The molecule has 1 fully saturated rings. The summed E-state index contributed by atoms with van der Waals surface area (Å²) < 4.78 is 28.1. The molecule has 3 heterocycles. The van der Waals surface area contributed by atoms with Crippen LogP contribution in [-0.4, -0.2) is 54.1 Å². The Balaban J connectivity index is 1.44. The molecule has 10 heteroatoms. The van der Waals surface area contributed by atoms with Gasteiger partial charge in [0.25, 0.3) is 10.2 Å². The number of anilines is 3. The number of nitrogens with one attached hydrogen (secondary N) is 3. The molecule has 0 radical (unpaired) electrons. The fraction of sp³-hybridized carbons (Fsp3) is 0.438. The third kappa shape index (κ3) is 5.10. The van der Waals surface area contributed by atoms with Gasteiger partial charge in [-0.2, -0.15) is 12.7 Å². The number of pyridine rings is 1. The molecule has 9 nitrogen and oxygen atoms in total. The molecule has 0 amide bonds. The highest BCUT2D eigenvalue weighted by atomic mass is 32.2. The molecule has 140 valence electrons. The van der Waals surface area contributed by atoms with Crippen LogP contribution in [0.15, 0.2) is 30.5 Å². The van der Waals surface area contributed by atoms with E-state index in [1.54, 1.807) is 18.3 Å². The van der Waals surface area contributed by atoms with Gasteiger partial charge in [0.1, 0.15) is 11.6 Å². The van der Waals surface area contributed by atoms with Crippen LogP contribution in [0.25, 0.3) is 0 Å². The number of aryl methyl sites for hydroxylation is 1. The van der Waals surface area contributed by atoms with Gasteiger partial charge in [0, 0.05) is 32.4 Å². The molecular formula is C16H23N7O2S. The SMILES string of the molecule is Cc1ccnc(Nc2ccc(NCCNS(=O)(=O)N3CCCC3)nn2)c1. The number of rotatable bonds is 8. The Morgan fingerprint density at radius 1 is 1.04 bits per heavy atom.